The fourth-order valence-electron chi connectivity index (χ4n) is 7.03. The maximum atomic E-state index is 6.73. The average Bonchev–Trinajstić information content (AvgIpc) is 4.10. The van der Waals surface area contributed by atoms with Gasteiger partial charge in [0.05, 0.1) is 46.3 Å². The Morgan fingerprint density at radius 1 is 0.453 bits per heavy atom. The Kier molecular flexibility index (Phi) is 11.7. The summed E-state index contributed by atoms with van der Waals surface area (Å²) in [5.41, 5.74) is 6.34. The number of nitrogens with zero attached hydrogens (tertiary/aromatic N) is 12. The second-order valence-corrected chi connectivity index (χ2v) is 16.8. The smallest absolute Gasteiger partial charge is 0.231 e. The fraction of sp³-hybridized carbons (Fsp3) is 0.125. The minimum Gasteiger partial charge on any atom is -0.438 e. The Labute approximate surface area is 377 Å². The predicted octanol–water partition coefficient (Wildman–Crippen LogP) is 10.5. The van der Waals surface area contributed by atoms with Crippen molar-refractivity contribution in [3.05, 3.63) is 168 Å². The first-order chi connectivity index (χ1) is 31.6. The topological polar surface area (TPSA) is 140 Å². The van der Waals surface area contributed by atoms with Crippen LogP contribution in [0.25, 0.3) is 34.2 Å². The first kappa shape index (κ1) is 40.5. The number of ether oxygens (including phenoxy) is 2. The normalized spacial score (nSPS) is 14.2. The van der Waals surface area contributed by atoms with Crippen LogP contribution in [0.3, 0.4) is 0 Å². The van der Waals surface area contributed by atoms with Gasteiger partial charge in [0.15, 0.2) is 11.6 Å². The number of hydrogen-bond donors (Lipinski definition) is 0. The van der Waals surface area contributed by atoms with Gasteiger partial charge in [-0.05, 0) is 75.2 Å². The molecule has 16 heteroatoms. The molecule has 0 radical (unpaired) electrons. The summed E-state index contributed by atoms with van der Waals surface area (Å²) < 4.78 is 20.6. The molecule has 0 aliphatic carbocycles. The molecular weight excluding hydrogens is 841 g/mol. The predicted molar refractivity (Wildman–Crippen MR) is 251 cm³/mol. The molecule has 0 atom stereocenters. The lowest BCUT2D eigenvalue weighted by molar-refractivity contribution is 0.432. The van der Waals surface area contributed by atoms with Crippen molar-refractivity contribution in [2.45, 2.75) is 37.0 Å². The lowest BCUT2D eigenvalue weighted by atomic mass is 10.2. The third-order valence-corrected chi connectivity index (χ3v) is 12.3. The van der Waals surface area contributed by atoms with Gasteiger partial charge in [0.1, 0.15) is 11.5 Å². The first-order valence-corrected chi connectivity index (χ1v) is 22.7. The van der Waals surface area contributed by atoms with E-state index in [1.54, 1.807) is 54.7 Å². The van der Waals surface area contributed by atoms with Crippen LogP contribution >= 0.6 is 23.5 Å². The molecule has 2 aliphatic rings. The van der Waals surface area contributed by atoms with Crippen LogP contribution in [0.1, 0.15) is 35.4 Å². The number of thioether (sulfide) groups is 2. The molecule has 0 N–H and O–H groups in total. The Morgan fingerprint density at radius 2 is 0.828 bits per heavy atom. The van der Waals surface area contributed by atoms with Gasteiger partial charge in [-0.1, -0.05) is 121 Å². The van der Waals surface area contributed by atoms with E-state index in [-0.39, 0.29) is 0 Å². The molecule has 2 aliphatic heterocycles. The third kappa shape index (κ3) is 8.48. The largest absolute Gasteiger partial charge is 0.438 e. The molecule has 64 heavy (non-hydrogen) atoms. The summed E-state index contributed by atoms with van der Waals surface area (Å²) in [4.78, 5) is 0. The second-order valence-electron chi connectivity index (χ2n) is 14.6. The lowest BCUT2D eigenvalue weighted by Crippen LogP contribution is -2.02. The second kappa shape index (κ2) is 18.4. The highest BCUT2D eigenvalue weighted by Gasteiger charge is 2.22. The van der Waals surface area contributed by atoms with E-state index in [1.165, 1.54) is 0 Å². The van der Waals surface area contributed by atoms with Gasteiger partial charge in [0, 0.05) is 22.6 Å². The van der Waals surface area contributed by atoms with Gasteiger partial charge in [0.2, 0.25) is 22.1 Å². The first-order valence-electron chi connectivity index (χ1n) is 20.7. The molecule has 316 valence electrons. The highest BCUT2D eigenvalue weighted by atomic mass is 32.2. The minimum atomic E-state index is 0.496. The maximum absolute atomic E-state index is 6.73. The minimum absolute atomic E-state index is 0.496. The van der Waals surface area contributed by atoms with E-state index >= 15 is 0 Å². The standard InChI is InChI=1S/C48H40N12O2S2/c1-33-41-31-49-59-43(35-17-7-3-8-18-35)51-53-47(59)63-29-15-16-30-64-48-54-52-44(36-19-9-4-10-20-36)60(48)50-32-42-34(2)56-58(38-23-13-6-14-24-38)46(42)62-40-27-25-39(26-28-40)61-45(41)57(55-33)37-21-11-5-12-22-37/h3-14,17-28,31-32H,15-16,29-30H2,1-2H3/b49-31+,50-32+. The number of rotatable bonds is 4. The van der Waals surface area contributed by atoms with Crippen LogP contribution in [0.5, 0.6) is 23.3 Å². The molecule has 14 nitrogen and oxygen atoms in total. The zero-order valence-corrected chi connectivity index (χ0v) is 36.5. The fourth-order valence-corrected chi connectivity index (χ4v) is 8.80. The van der Waals surface area contributed by atoms with Gasteiger partial charge in [-0.25, -0.2) is 0 Å². The van der Waals surface area contributed by atoms with Crippen LogP contribution < -0.4 is 9.47 Å². The van der Waals surface area contributed by atoms with Crippen molar-refractivity contribution < 1.29 is 9.47 Å². The van der Waals surface area contributed by atoms with Crippen molar-refractivity contribution in [2.24, 2.45) is 10.2 Å². The number of hydrogen-bond acceptors (Lipinski definition) is 12. The third-order valence-electron chi connectivity index (χ3n) is 10.3. The van der Waals surface area contributed by atoms with Gasteiger partial charge in [-0.3, -0.25) is 0 Å². The molecule has 5 aromatic carbocycles. The molecule has 0 saturated carbocycles. The SMILES string of the molecule is Cc1nn(-c2ccccc2)c2c1/C=N/n1c(nnc1-c1ccccc1)SCCCCSc1nnc(-c3ccccc3)n1/N=C/c1c(C)nn(-c3ccccc3)c1Oc1ccc(cc1)O2. The van der Waals surface area contributed by atoms with Crippen LogP contribution in [0.2, 0.25) is 0 Å². The van der Waals surface area contributed by atoms with Gasteiger partial charge < -0.3 is 9.47 Å². The van der Waals surface area contributed by atoms with Crippen molar-refractivity contribution in [1.29, 1.82) is 0 Å². The van der Waals surface area contributed by atoms with Crippen LogP contribution in [0.15, 0.2) is 166 Å². The number of aryl methyl sites for hydroxylation is 2. The van der Waals surface area contributed by atoms with Crippen LogP contribution in [-0.2, 0) is 0 Å². The van der Waals surface area contributed by atoms with Crippen molar-refractivity contribution in [1.82, 2.24) is 49.3 Å². The monoisotopic (exact) mass is 880 g/mol. The molecule has 0 spiro atoms. The molecule has 6 heterocycles. The molecule has 0 amide bonds. The van der Waals surface area contributed by atoms with Crippen LogP contribution in [0, 0.1) is 13.8 Å². The molecule has 0 saturated heterocycles. The van der Waals surface area contributed by atoms with E-state index in [1.807, 2.05) is 159 Å². The van der Waals surface area contributed by atoms with E-state index in [9.17, 15) is 0 Å². The molecular formula is C48H40N12O2S2. The van der Waals surface area contributed by atoms with Crippen molar-refractivity contribution in [2.75, 3.05) is 11.5 Å². The number of fused-ring (bicyclic) bond motifs is 7. The van der Waals surface area contributed by atoms with Crippen LogP contribution in [-0.4, -0.2) is 73.2 Å². The molecule has 9 aromatic rings. The molecule has 11 rings (SSSR count). The Hall–Kier alpha value is -7.56. The molecule has 4 aromatic heterocycles. The quantitative estimate of drug-likeness (QED) is 0.168. The molecule has 0 fully saturated rings. The summed E-state index contributed by atoms with van der Waals surface area (Å²) in [5.74, 6) is 4.98. The van der Waals surface area contributed by atoms with Crippen LogP contribution in [0.4, 0.5) is 0 Å². The highest BCUT2D eigenvalue weighted by molar-refractivity contribution is 7.99. The molecule has 0 unspecified atom stereocenters. The van der Waals surface area contributed by atoms with Gasteiger partial charge in [-0.15, -0.1) is 20.4 Å². The van der Waals surface area contributed by atoms with E-state index < -0.39 is 0 Å². The highest BCUT2D eigenvalue weighted by Crippen LogP contribution is 2.35. The zero-order chi connectivity index (χ0) is 43.2. The van der Waals surface area contributed by atoms with Crippen molar-refractivity contribution in [3.63, 3.8) is 0 Å². The lowest BCUT2D eigenvalue weighted by Gasteiger charge is -2.12. The number of para-hydroxylation sites is 2. The average molecular weight is 881 g/mol. The summed E-state index contributed by atoms with van der Waals surface area (Å²) in [6.45, 7) is 3.89. The summed E-state index contributed by atoms with van der Waals surface area (Å²) in [6.07, 6.45) is 5.38. The van der Waals surface area contributed by atoms with E-state index in [0.717, 1.165) is 58.2 Å². The Morgan fingerprint density at radius 3 is 1.22 bits per heavy atom. The summed E-state index contributed by atoms with van der Waals surface area (Å²) in [6, 6.07) is 47.1. The van der Waals surface area contributed by atoms with Gasteiger partial charge in [-0.2, -0.15) is 39.1 Å². The van der Waals surface area contributed by atoms with Crippen molar-refractivity contribution in [3.8, 4) is 57.4 Å². The molecule has 2 bridgehead atoms. The zero-order valence-electron chi connectivity index (χ0n) is 34.8. The number of aromatic nitrogens is 10. The van der Waals surface area contributed by atoms with E-state index in [0.29, 0.717) is 56.3 Å². The van der Waals surface area contributed by atoms with E-state index in [4.69, 9.17) is 29.9 Å². The van der Waals surface area contributed by atoms with E-state index in [2.05, 4.69) is 20.4 Å². The van der Waals surface area contributed by atoms with Gasteiger partial charge in [0.25, 0.3) is 0 Å². The number of benzene rings is 5. The van der Waals surface area contributed by atoms with Gasteiger partial charge >= 0.3 is 0 Å². The summed E-state index contributed by atoms with van der Waals surface area (Å²) in [7, 11) is 0. The Balaban J connectivity index is 1.08. The maximum Gasteiger partial charge on any atom is 0.231 e. The summed E-state index contributed by atoms with van der Waals surface area (Å²) in [5, 5.41) is 39.7. The summed E-state index contributed by atoms with van der Waals surface area (Å²) >= 11 is 3.23. The van der Waals surface area contributed by atoms with Crippen molar-refractivity contribution >= 4 is 36.0 Å². The Bertz CT molecular complexity index is 2860.